The molecule has 0 N–H and O–H groups in total. The van der Waals surface area contributed by atoms with E-state index < -0.39 is 6.09 Å². The van der Waals surface area contributed by atoms with Crippen LogP contribution in [0.3, 0.4) is 0 Å². The third-order valence-electron chi connectivity index (χ3n) is 4.50. The number of carbonyl (C=O) groups is 1. The Balaban J connectivity index is 2.12. The largest absolute Gasteiger partial charge is 0.530 e. The SMILES string of the molecule is CCCN(C(=O)[O-])c1nc2cc(F)c(N3CCOCC3)cc2n1CCC. The average Bonchev–Trinajstić information content (AvgIpc) is 2.96. The van der Waals surface area contributed by atoms with Crippen LogP contribution in [0.5, 0.6) is 0 Å². The maximum Gasteiger partial charge on any atom is 0.212 e. The first-order valence-electron chi connectivity index (χ1n) is 9.07. The fourth-order valence-corrected chi connectivity index (χ4v) is 3.32. The molecule has 0 atom stereocenters. The number of fused-ring (bicyclic) bond motifs is 1. The summed E-state index contributed by atoms with van der Waals surface area (Å²) in [5, 5.41) is 11.6. The van der Waals surface area contributed by atoms with Crippen molar-refractivity contribution in [1.29, 1.82) is 0 Å². The molecule has 7 nitrogen and oxygen atoms in total. The lowest BCUT2D eigenvalue weighted by molar-refractivity contribution is -0.246. The molecule has 0 spiro atoms. The van der Waals surface area contributed by atoms with Crippen molar-refractivity contribution in [3.8, 4) is 0 Å². The van der Waals surface area contributed by atoms with Crippen molar-refractivity contribution in [2.75, 3.05) is 42.6 Å². The Morgan fingerprint density at radius 2 is 2.04 bits per heavy atom. The molecule has 0 bridgehead atoms. The highest BCUT2D eigenvalue weighted by Crippen LogP contribution is 2.30. The second-order valence-corrected chi connectivity index (χ2v) is 6.37. The summed E-state index contributed by atoms with van der Waals surface area (Å²) in [5.41, 5.74) is 1.68. The molecule has 1 aromatic heterocycles. The summed E-state index contributed by atoms with van der Waals surface area (Å²) in [6, 6.07) is 3.15. The first kappa shape index (κ1) is 18.4. The molecule has 8 heteroatoms. The smallest absolute Gasteiger partial charge is 0.212 e. The Morgan fingerprint density at radius 1 is 1.31 bits per heavy atom. The highest BCUT2D eigenvalue weighted by atomic mass is 19.1. The van der Waals surface area contributed by atoms with E-state index >= 15 is 0 Å². The molecule has 0 saturated carbocycles. The van der Waals surface area contributed by atoms with E-state index in [-0.39, 0.29) is 12.4 Å². The number of halogens is 1. The maximum absolute atomic E-state index is 14.7. The summed E-state index contributed by atoms with van der Waals surface area (Å²) >= 11 is 0. The van der Waals surface area contributed by atoms with Crippen LogP contribution in [0.1, 0.15) is 26.7 Å². The van der Waals surface area contributed by atoms with Gasteiger partial charge in [0.1, 0.15) is 11.9 Å². The van der Waals surface area contributed by atoms with Gasteiger partial charge in [-0.25, -0.2) is 9.37 Å². The van der Waals surface area contributed by atoms with E-state index in [2.05, 4.69) is 4.98 Å². The Morgan fingerprint density at radius 3 is 2.65 bits per heavy atom. The summed E-state index contributed by atoms with van der Waals surface area (Å²) in [5.74, 6) is -0.0650. The Kier molecular flexibility index (Phi) is 5.61. The third kappa shape index (κ3) is 3.46. The van der Waals surface area contributed by atoms with Crippen molar-refractivity contribution >= 4 is 28.8 Å². The van der Waals surface area contributed by atoms with Crippen LogP contribution in [-0.4, -0.2) is 48.5 Å². The van der Waals surface area contributed by atoms with Gasteiger partial charge in [-0.1, -0.05) is 13.8 Å². The van der Waals surface area contributed by atoms with Crippen LogP contribution >= 0.6 is 0 Å². The summed E-state index contributed by atoms with van der Waals surface area (Å²) in [6.45, 7) is 7.14. The van der Waals surface area contributed by atoms with Gasteiger partial charge in [-0.05, 0) is 18.9 Å². The van der Waals surface area contributed by atoms with Crippen molar-refractivity contribution < 1.29 is 19.0 Å². The quantitative estimate of drug-likeness (QED) is 0.785. The molecular formula is C18H24FN4O3-. The zero-order valence-corrected chi connectivity index (χ0v) is 15.2. The molecule has 3 rings (SSSR count). The predicted octanol–water partition coefficient (Wildman–Crippen LogP) is 1.98. The fourth-order valence-electron chi connectivity index (χ4n) is 3.32. The van der Waals surface area contributed by atoms with E-state index in [0.29, 0.717) is 56.4 Å². The molecule has 0 aliphatic carbocycles. The van der Waals surface area contributed by atoms with E-state index in [1.165, 1.54) is 6.07 Å². The molecule has 142 valence electrons. The summed E-state index contributed by atoms with van der Waals surface area (Å²) in [7, 11) is 0. The number of hydrogen-bond donors (Lipinski definition) is 0. The van der Waals surface area contributed by atoms with Crippen LogP contribution in [0.2, 0.25) is 0 Å². The average molecular weight is 363 g/mol. The van der Waals surface area contributed by atoms with Crippen LogP contribution in [0.15, 0.2) is 12.1 Å². The van der Waals surface area contributed by atoms with Gasteiger partial charge in [0.25, 0.3) is 0 Å². The van der Waals surface area contributed by atoms with Gasteiger partial charge in [-0.2, -0.15) is 0 Å². The monoisotopic (exact) mass is 363 g/mol. The molecule has 1 amide bonds. The highest BCUT2D eigenvalue weighted by molar-refractivity contribution is 5.88. The van der Waals surface area contributed by atoms with Crippen molar-refractivity contribution in [3.63, 3.8) is 0 Å². The minimum absolute atomic E-state index is 0.286. The first-order valence-corrected chi connectivity index (χ1v) is 9.07. The second kappa shape index (κ2) is 7.90. The van der Waals surface area contributed by atoms with Gasteiger partial charge < -0.3 is 24.1 Å². The topological polar surface area (TPSA) is 73.7 Å². The Hall–Kier alpha value is -2.35. The summed E-state index contributed by atoms with van der Waals surface area (Å²) in [6.07, 6.45) is 0.139. The van der Waals surface area contributed by atoms with Crippen molar-refractivity contribution in [1.82, 2.24) is 9.55 Å². The van der Waals surface area contributed by atoms with Gasteiger partial charge in [0.05, 0.1) is 29.9 Å². The number of carboxylic acid groups (broad SMARTS) is 1. The number of rotatable bonds is 6. The van der Waals surface area contributed by atoms with Gasteiger partial charge in [-0.15, -0.1) is 0 Å². The number of hydrogen-bond acceptors (Lipinski definition) is 5. The molecule has 1 aliphatic heterocycles. The van der Waals surface area contributed by atoms with Gasteiger partial charge in [-0.3, -0.25) is 4.90 Å². The molecule has 1 saturated heterocycles. The number of aryl methyl sites for hydroxylation is 1. The lowest BCUT2D eigenvalue weighted by Gasteiger charge is -2.29. The molecular weight excluding hydrogens is 339 g/mol. The lowest BCUT2D eigenvalue weighted by Crippen LogP contribution is -2.43. The number of amides is 1. The zero-order chi connectivity index (χ0) is 18.7. The Labute approximate surface area is 152 Å². The van der Waals surface area contributed by atoms with Crippen LogP contribution < -0.4 is 14.9 Å². The molecule has 1 aliphatic rings. The van der Waals surface area contributed by atoms with Gasteiger partial charge in [0, 0.05) is 32.2 Å². The molecule has 0 radical (unpaired) electrons. The van der Waals surface area contributed by atoms with Crippen LogP contribution in [-0.2, 0) is 11.3 Å². The van der Waals surface area contributed by atoms with Crippen molar-refractivity contribution in [2.24, 2.45) is 0 Å². The minimum Gasteiger partial charge on any atom is -0.530 e. The number of aromatic nitrogens is 2. The lowest BCUT2D eigenvalue weighted by atomic mass is 10.2. The highest BCUT2D eigenvalue weighted by Gasteiger charge is 2.21. The predicted molar refractivity (Wildman–Crippen MR) is 96.0 cm³/mol. The number of ether oxygens (including phenoxy) is 1. The first-order chi connectivity index (χ1) is 12.6. The van der Waals surface area contributed by atoms with Crippen molar-refractivity contribution in [3.05, 3.63) is 17.9 Å². The molecule has 2 heterocycles. The van der Waals surface area contributed by atoms with Gasteiger partial charge in [0.15, 0.2) is 0 Å². The van der Waals surface area contributed by atoms with Crippen LogP contribution in [0.4, 0.5) is 20.8 Å². The van der Waals surface area contributed by atoms with E-state index in [1.807, 2.05) is 23.3 Å². The van der Waals surface area contributed by atoms with E-state index in [9.17, 15) is 14.3 Å². The number of benzene rings is 1. The normalized spacial score (nSPS) is 14.8. The number of carbonyl (C=O) groups excluding carboxylic acids is 1. The second-order valence-electron chi connectivity index (χ2n) is 6.37. The van der Waals surface area contributed by atoms with E-state index in [4.69, 9.17) is 4.74 Å². The minimum atomic E-state index is -1.30. The zero-order valence-electron chi connectivity index (χ0n) is 15.2. The number of morpholine rings is 1. The third-order valence-corrected chi connectivity index (χ3v) is 4.50. The van der Waals surface area contributed by atoms with Crippen LogP contribution in [0.25, 0.3) is 11.0 Å². The van der Waals surface area contributed by atoms with Crippen LogP contribution in [0, 0.1) is 5.82 Å². The van der Waals surface area contributed by atoms with Gasteiger partial charge in [0.2, 0.25) is 5.95 Å². The van der Waals surface area contributed by atoms with Gasteiger partial charge >= 0.3 is 0 Å². The van der Waals surface area contributed by atoms with E-state index in [0.717, 1.165) is 16.8 Å². The molecule has 26 heavy (non-hydrogen) atoms. The number of anilines is 2. The summed E-state index contributed by atoms with van der Waals surface area (Å²) < 4.78 is 21.8. The number of imidazole rings is 1. The van der Waals surface area contributed by atoms with E-state index in [1.54, 1.807) is 6.07 Å². The molecule has 0 unspecified atom stereocenters. The summed E-state index contributed by atoms with van der Waals surface area (Å²) in [4.78, 5) is 19.0. The van der Waals surface area contributed by atoms with Crippen molar-refractivity contribution in [2.45, 2.75) is 33.2 Å². The molecule has 1 aromatic carbocycles. The fraction of sp³-hybridized carbons (Fsp3) is 0.556. The number of nitrogens with zero attached hydrogens (tertiary/aromatic N) is 4. The standard InChI is InChI=1S/C18H25FN4O3/c1-3-5-22-16-12-15(21-7-9-26-10-8-21)13(19)11-14(16)20-17(22)23(6-4-2)18(24)25/h11-12H,3-10H2,1-2H3,(H,24,25)/p-1. The molecule has 1 fully saturated rings. The Bertz CT molecular complexity index is 786. The maximum atomic E-state index is 14.7. The molecule has 2 aromatic rings.